The number of aromatic nitrogens is 2. The lowest BCUT2D eigenvalue weighted by molar-refractivity contribution is 0.392. The highest BCUT2D eigenvalue weighted by Gasteiger charge is 2.18. The molecule has 0 spiro atoms. The molecule has 1 fully saturated rings. The Balaban J connectivity index is 1.86. The molecule has 0 amide bonds. The normalized spacial score (nSPS) is 13.7. The zero-order chi connectivity index (χ0) is 14.9. The predicted molar refractivity (Wildman–Crippen MR) is 86.8 cm³/mol. The molecular formula is C19H16N2O. The van der Waals surface area contributed by atoms with Crippen LogP contribution in [0.5, 0.6) is 5.88 Å². The number of hydrogen-bond donors (Lipinski definition) is 0. The third-order valence-electron chi connectivity index (χ3n) is 3.87. The number of pyridine rings is 1. The summed E-state index contributed by atoms with van der Waals surface area (Å²) < 4.78 is 7.54. The molecule has 3 heteroatoms. The highest BCUT2D eigenvalue weighted by molar-refractivity contribution is 5.69. The first-order valence-electron chi connectivity index (χ1n) is 7.47. The summed E-state index contributed by atoms with van der Waals surface area (Å²) in [5, 5.41) is 0. The minimum absolute atomic E-state index is 0.570. The van der Waals surface area contributed by atoms with Gasteiger partial charge >= 0.3 is 0 Å². The lowest BCUT2D eigenvalue weighted by atomic mass is 10.1. The number of methoxy groups -OCH3 is 1. The van der Waals surface area contributed by atoms with Gasteiger partial charge in [0.1, 0.15) is 11.3 Å². The first-order chi connectivity index (χ1) is 10.8. The van der Waals surface area contributed by atoms with Crippen LogP contribution in [0, 0.1) is 17.8 Å². The van der Waals surface area contributed by atoms with Crippen LogP contribution in [0.1, 0.15) is 18.5 Å². The van der Waals surface area contributed by atoms with E-state index in [0.717, 1.165) is 28.3 Å². The van der Waals surface area contributed by atoms with E-state index in [1.54, 1.807) is 7.11 Å². The van der Waals surface area contributed by atoms with Crippen molar-refractivity contribution in [3.63, 3.8) is 0 Å². The van der Waals surface area contributed by atoms with Gasteiger partial charge in [-0.1, -0.05) is 36.3 Å². The Bertz CT molecular complexity index is 880. The molecule has 108 valence electrons. The van der Waals surface area contributed by atoms with Crippen molar-refractivity contribution < 1.29 is 4.74 Å². The summed E-state index contributed by atoms with van der Waals surface area (Å²) in [5.41, 5.74) is 3.99. The number of rotatable bonds is 2. The second-order valence-electron chi connectivity index (χ2n) is 5.53. The Kier molecular flexibility index (Phi) is 3.08. The molecule has 4 rings (SSSR count). The van der Waals surface area contributed by atoms with Gasteiger partial charge in [-0.15, -0.1) is 0 Å². The van der Waals surface area contributed by atoms with Crippen LogP contribution < -0.4 is 4.74 Å². The average Bonchev–Trinajstić information content (AvgIpc) is 3.32. The van der Waals surface area contributed by atoms with E-state index in [9.17, 15) is 0 Å². The lowest BCUT2D eigenvalue weighted by Gasteiger charge is -2.09. The predicted octanol–water partition coefficient (Wildman–Crippen LogP) is 3.77. The quantitative estimate of drug-likeness (QED) is 0.671. The summed E-state index contributed by atoms with van der Waals surface area (Å²) >= 11 is 0. The van der Waals surface area contributed by atoms with Crippen LogP contribution >= 0.6 is 0 Å². The summed E-state index contributed by atoms with van der Waals surface area (Å²) in [5.74, 6) is 7.84. The molecule has 0 N–H and O–H groups in total. The van der Waals surface area contributed by atoms with E-state index in [1.165, 1.54) is 12.8 Å². The molecule has 0 saturated heterocycles. The zero-order valence-corrected chi connectivity index (χ0v) is 12.4. The van der Waals surface area contributed by atoms with Gasteiger partial charge in [0.05, 0.1) is 13.3 Å². The Morgan fingerprint density at radius 3 is 2.68 bits per heavy atom. The first kappa shape index (κ1) is 13.0. The Morgan fingerprint density at radius 2 is 1.95 bits per heavy atom. The van der Waals surface area contributed by atoms with Crippen molar-refractivity contribution in [2.24, 2.45) is 5.92 Å². The molecule has 3 nitrogen and oxygen atoms in total. The molecule has 1 aliphatic carbocycles. The summed E-state index contributed by atoms with van der Waals surface area (Å²) in [6, 6.07) is 14.4. The molecule has 0 radical (unpaired) electrons. The summed E-state index contributed by atoms with van der Waals surface area (Å²) in [6.07, 6.45) is 4.26. The van der Waals surface area contributed by atoms with E-state index in [-0.39, 0.29) is 0 Å². The lowest BCUT2D eigenvalue weighted by Crippen LogP contribution is -1.97. The van der Waals surface area contributed by atoms with Gasteiger partial charge in [0.15, 0.2) is 0 Å². The fourth-order valence-electron chi connectivity index (χ4n) is 2.52. The van der Waals surface area contributed by atoms with E-state index >= 15 is 0 Å². The number of benzene rings is 1. The van der Waals surface area contributed by atoms with Crippen molar-refractivity contribution in [1.29, 1.82) is 0 Å². The molecule has 1 saturated carbocycles. The molecule has 0 unspecified atom stereocenters. The maximum atomic E-state index is 5.57. The molecule has 22 heavy (non-hydrogen) atoms. The fourth-order valence-corrected chi connectivity index (χ4v) is 2.52. The SMILES string of the molecule is COc1cc(-c2ccccc2)cc2ncc(C#CC3CC3)n12. The Morgan fingerprint density at radius 1 is 1.14 bits per heavy atom. The third-order valence-corrected chi connectivity index (χ3v) is 3.87. The van der Waals surface area contributed by atoms with Crippen molar-refractivity contribution >= 4 is 5.65 Å². The van der Waals surface area contributed by atoms with Gasteiger partial charge in [0, 0.05) is 12.0 Å². The minimum Gasteiger partial charge on any atom is -0.482 e. The van der Waals surface area contributed by atoms with Crippen LogP contribution in [0.25, 0.3) is 16.8 Å². The average molecular weight is 288 g/mol. The summed E-state index contributed by atoms with van der Waals surface area (Å²) in [6.45, 7) is 0. The van der Waals surface area contributed by atoms with Gasteiger partial charge in [0.25, 0.3) is 0 Å². The smallest absolute Gasteiger partial charge is 0.200 e. The summed E-state index contributed by atoms with van der Waals surface area (Å²) in [7, 11) is 1.68. The number of nitrogens with zero attached hydrogens (tertiary/aromatic N) is 2. The van der Waals surface area contributed by atoms with Crippen molar-refractivity contribution in [3.05, 3.63) is 54.4 Å². The molecular weight excluding hydrogens is 272 g/mol. The van der Waals surface area contributed by atoms with Gasteiger partial charge < -0.3 is 4.74 Å². The molecule has 0 bridgehead atoms. The van der Waals surface area contributed by atoms with E-state index in [0.29, 0.717) is 5.92 Å². The Labute approximate surface area is 129 Å². The minimum atomic E-state index is 0.570. The number of ether oxygens (including phenoxy) is 1. The third kappa shape index (κ3) is 2.33. The van der Waals surface area contributed by atoms with Gasteiger partial charge in [-0.25, -0.2) is 4.98 Å². The van der Waals surface area contributed by atoms with E-state index in [1.807, 2.05) is 34.9 Å². The van der Waals surface area contributed by atoms with Crippen LogP contribution in [0.4, 0.5) is 0 Å². The maximum Gasteiger partial charge on any atom is 0.200 e. The molecule has 2 aromatic heterocycles. The van der Waals surface area contributed by atoms with Crippen LogP contribution in [0.15, 0.2) is 48.7 Å². The number of hydrogen-bond acceptors (Lipinski definition) is 2. The monoisotopic (exact) mass is 288 g/mol. The summed E-state index contributed by atoms with van der Waals surface area (Å²) in [4.78, 5) is 4.49. The van der Waals surface area contributed by atoms with Gasteiger partial charge in [-0.2, -0.15) is 0 Å². The fraction of sp³-hybridized carbons (Fsp3) is 0.211. The Hall–Kier alpha value is -2.73. The number of imidazole rings is 1. The van der Waals surface area contributed by atoms with Crippen LogP contribution in [0.3, 0.4) is 0 Å². The highest BCUT2D eigenvalue weighted by Crippen LogP contribution is 2.29. The second-order valence-corrected chi connectivity index (χ2v) is 5.53. The van der Waals surface area contributed by atoms with E-state index in [4.69, 9.17) is 4.74 Å². The van der Waals surface area contributed by atoms with E-state index in [2.05, 4.69) is 35.0 Å². The van der Waals surface area contributed by atoms with Crippen LogP contribution in [0.2, 0.25) is 0 Å². The molecule has 0 aliphatic heterocycles. The topological polar surface area (TPSA) is 26.5 Å². The van der Waals surface area contributed by atoms with Crippen molar-refractivity contribution in [2.45, 2.75) is 12.8 Å². The van der Waals surface area contributed by atoms with Gasteiger partial charge in [0.2, 0.25) is 5.88 Å². The van der Waals surface area contributed by atoms with Crippen molar-refractivity contribution in [1.82, 2.24) is 9.38 Å². The highest BCUT2D eigenvalue weighted by atomic mass is 16.5. The zero-order valence-electron chi connectivity index (χ0n) is 12.4. The van der Waals surface area contributed by atoms with Crippen LogP contribution in [-0.2, 0) is 0 Å². The second kappa shape index (κ2) is 5.23. The van der Waals surface area contributed by atoms with Gasteiger partial charge in [-0.05, 0) is 36.0 Å². The molecule has 3 aromatic rings. The maximum absolute atomic E-state index is 5.57. The van der Waals surface area contributed by atoms with E-state index < -0.39 is 0 Å². The molecule has 0 atom stereocenters. The number of fused-ring (bicyclic) bond motifs is 1. The largest absolute Gasteiger partial charge is 0.482 e. The molecule has 1 aromatic carbocycles. The van der Waals surface area contributed by atoms with Gasteiger partial charge in [-0.3, -0.25) is 4.40 Å². The first-order valence-corrected chi connectivity index (χ1v) is 7.47. The van der Waals surface area contributed by atoms with Crippen LogP contribution in [-0.4, -0.2) is 16.5 Å². The molecule has 1 aliphatic rings. The standard InChI is InChI=1S/C19H16N2O/c1-22-19-12-16(15-5-3-2-4-6-15)11-18-20-13-17(21(18)19)10-9-14-7-8-14/h2-6,11-14H,7-8H2,1H3. The van der Waals surface area contributed by atoms with Crippen molar-refractivity contribution in [2.75, 3.05) is 7.11 Å². The van der Waals surface area contributed by atoms with Crippen molar-refractivity contribution in [3.8, 4) is 28.8 Å². The molecule has 2 heterocycles.